The van der Waals surface area contributed by atoms with E-state index in [0.717, 1.165) is 25.9 Å². The summed E-state index contributed by atoms with van der Waals surface area (Å²) in [4.78, 5) is 19.4. The lowest BCUT2D eigenvalue weighted by Gasteiger charge is -2.30. The second-order valence-corrected chi connectivity index (χ2v) is 6.96. The Morgan fingerprint density at radius 1 is 1.27 bits per heavy atom. The van der Waals surface area contributed by atoms with Gasteiger partial charge >= 0.3 is 0 Å². The Kier molecular flexibility index (Phi) is 4.18. The highest BCUT2D eigenvalue weighted by molar-refractivity contribution is 6.07. The van der Waals surface area contributed by atoms with Crippen LogP contribution in [-0.2, 0) is 0 Å². The van der Waals surface area contributed by atoms with Crippen molar-refractivity contribution in [2.75, 3.05) is 13.1 Å². The van der Waals surface area contributed by atoms with Gasteiger partial charge in [-0.15, -0.1) is 0 Å². The Morgan fingerprint density at radius 2 is 2.00 bits per heavy atom. The lowest BCUT2D eigenvalue weighted by molar-refractivity contribution is 0.0699. The number of carbonyl (C=O) groups is 1. The minimum absolute atomic E-state index is 0.0758. The van der Waals surface area contributed by atoms with Crippen molar-refractivity contribution < 1.29 is 13.7 Å². The zero-order valence-corrected chi connectivity index (χ0v) is 14.8. The fourth-order valence-electron chi connectivity index (χ4n) is 3.45. The summed E-state index contributed by atoms with van der Waals surface area (Å²) in [7, 11) is 0. The lowest BCUT2D eigenvalue weighted by Crippen LogP contribution is -2.38. The number of piperidine rings is 1. The summed E-state index contributed by atoms with van der Waals surface area (Å²) in [5, 5.41) is 4.56. The standard InChI is InChI=1S/C20H20FN3O2/c1-12-7-9-24(10-8-12)20(25)15-11-17(14-5-3-4-6-16(14)21)22-19-18(15)13(2)23-26-19/h3-6,11-12H,7-10H2,1-2H3. The molecule has 2 aromatic heterocycles. The SMILES string of the molecule is Cc1noc2nc(-c3ccccc3F)cc(C(=O)N3CCC(C)CC3)c12. The number of pyridine rings is 1. The van der Waals surface area contributed by atoms with Gasteiger partial charge in [0, 0.05) is 18.7 Å². The van der Waals surface area contributed by atoms with Gasteiger partial charge in [-0.2, -0.15) is 0 Å². The minimum atomic E-state index is -0.388. The van der Waals surface area contributed by atoms with E-state index in [4.69, 9.17) is 4.52 Å². The summed E-state index contributed by atoms with van der Waals surface area (Å²) in [5.74, 6) is 0.164. The molecule has 6 heteroatoms. The first-order chi connectivity index (χ1) is 12.5. The zero-order chi connectivity index (χ0) is 18.3. The van der Waals surface area contributed by atoms with Gasteiger partial charge in [-0.1, -0.05) is 24.2 Å². The average molecular weight is 353 g/mol. The molecule has 0 atom stereocenters. The fraction of sp³-hybridized carbons (Fsp3) is 0.350. The van der Waals surface area contributed by atoms with Crippen LogP contribution < -0.4 is 0 Å². The number of fused-ring (bicyclic) bond motifs is 1. The summed E-state index contributed by atoms with van der Waals surface area (Å²) in [6.07, 6.45) is 1.98. The van der Waals surface area contributed by atoms with E-state index in [-0.39, 0.29) is 17.4 Å². The monoisotopic (exact) mass is 353 g/mol. The Balaban J connectivity index is 1.83. The molecule has 1 fully saturated rings. The van der Waals surface area contributed by atoms with Crippen molar-refractivity contribution in [1.82, 2.24) is 15.0 Å². The van der Waals surface area contributed by atoms with Gasteiger partial charge in [0.05, 0.1) is 22.3 Å². The number of amides is 1. The summed E-state index contributed by atoms with van der Waals surface area (Å²) in [6, 6.07) is 8.04. The van der Waals surface area contributed by atoms with Crippen molar-refractivity contribution in [2.45, 2.75) is 26.7 Å². The first-order valence-electron chi connectivity index (χ1n) is 8.86. The molecule has 1 aliphatic rings. The highest BCUT2D eigenvalue weighted by Crippen LogP contribution is 2.30. The van der Waals surface area contributed by atoms with Gasteiger partial charge in [-0.05, 0) is 43.9 Å². The molecule has 1 aliphatic heterocycles. The predicted molar refractivity (Wildman–Crippen MR) is 96.2 cm³/mol. The van der Waals surface area contributed by atoms with E-state index < -0.39 is 0 Å². The van der Waals surface area contributed by atoms with Crippen LogP contribution in [0.1, 0.15) is 35.8 Å². The molecular formula is C20H20FN3O2. The first kappa shape index (κ1) is 16.7. The van der Waals surface area contributed by atoms with Crippen molar-refractivity contribution >= 4 is 17.0 Å². The van der Waals surface area contributed by atoms with Crippen LogP contribution >= 0.6 is 0 Å². The molecule has 1 aromatic carbocycles. The molecule has 1 saturated heterocycles. The van der Waals surface area contributed by atoms with Crippen LogP contribution in [0.5, 0.6) is 0 Å². The fourth-order valence-corrected chi connectivity index (χ4v) is 3.45. The third kappa shape index (κ3) is 2.85. The van der Waals surface area contributed by atoms with Crippen molar-refractivity contribution in [3.8, 4) is 11.3 Å². The summed E-state index contributed by atoms with van der Waals surface area (Å²) >= 11 is 0. The Morgan fingerprint density at radius 3 is 2.73 bits per heavy atom. The molecule has 0 spiro atoms. The van der Waals surface area contributed by atoms with Gasteiger partial charge in [0.2, 0.25) is 0 Å². The third-order valence-corrected chi connectivity index (χ3v) is 5.07. The Bertz CT molecular complexity index is 974. The molecule has 3 aromatic rings. The molecule has 134 valence electrons. The van der Waals surface area contributed by atoms with Crippen LogP contribution in [0.2, 0.25) is 0 Å². The van der Waals surface area contributed by atoms with E-state index in [0.29, 0.717) is 33.8 Å². The van der Waals surface area contributed by atoms with E-state index >= 15 is 0 Å². The molecule has 0 saturated carbocycles. The number of carbonyl (C=O) groups excluding carboxylic acids is 1. The van der Waals surface area contributed by atoms with Crippen molar-refractivity contribution in [1.29, 1.82) is 0 Å². The maximum absolute atomic E-state index is 14.2. The number of halogens is 1. The van der Waals surface area contributed by atoms with E-state index in [1.165, 1.54) is 6.07 Å². The van der Waals surface area contributed by atoms with E-state index in [2.05, 4.69) is 17.1 Å². The van der Waals surface area contributed by atoms with Gasteiger partial charge in [0.1, 0.15) is 5.82 Å². The van der Waals surface area contributed by atoms with Crippen molar-refractivity contribution in [2.24, 2.45) is 5.92 Å². The number of aromatic nitrogens is 2. The topological polar surface area (TPSA) is 59.2 Å². The van der Waals surface area contributed by atoms with Gasteiger partial charge < -0.3 is 9.42 Å². The number of benzene rings is 1. The molecule has 4 rings (SSSR count). The number of hydrogen-bond acceptors (Lipinski definition) is 4. The third-order valence-electron chi connectivity index (χ3n) is 5.07. The molecule has 0 radical (unpaired) electrons. The van der Waals surface area contributed by atoms with Crippen molar-refractivity contribution in [3.63, 3.8) is 0 Å². The average Bonchev–Trinajstić information content (AvgIpc) is 3.02. The Hall–Kier alpha value is -2.76. The van der Waals surface area contributed by atoms with E-state index in [1.54, 1.807) is 31.2 Å². The number of aryl methyl sites for hydroxylation is 1. The molecule has 5 nitrogen and oxygen atoms in total. The van der Waals surface area contributed by atoms with E-state index in [1.807, 2.05) is 4.90 Å². The molecular weight excluding hydrogens is 333 g/mol. The van der Waals surface area contributed by atoms with Crippen LogP contribution in [0.3, 0.4) is 0 Å². The predicted octanol–water partition coefficient (Wildman–Crippen LogP) is 4.21. The van der Waals surface area contributed by atoms with Gasteiger partial charge in [-0.3, -0.25) is 4.79 Å². The number of nitrogens with zero attached hydrogens (tertiary/aromatic N) is 3. The van der Waals surface area contributed by atoms with Crippen LogP contribution in [-0.4, -0.2) is 34.0 Å². The van der Waals surface area contributed by atoms with Crippen molar-refractivity contribution in [3.05, 3.63) is 47.4 Å². The Labute approximate surface area is 150 Å². The van der Waals surface area contributed by atoms with Gasteiger partial charge in [0.25, 0.3) is 11.6 Å². The summed E-state index contributed by atoms with van der Waals surface area (Å²) in [6.45, 7) is 5.44. The second kappa shape index (κ2) is 6.52. The normalized spacial score (nSPS) is 15.6. The zero-order valence-electron chi connectivity index (χ0n) is 14.8. The maximum Gasteiger partial charge on any atom is 0.259 e. The highest BCUT2D eigenvalue weighted by Gasteiger charge is 2.26. The number of likely N-dealkylation sites (tertiary alicyclic amines) is 1. The van der Waals surface area contributed by atoms with Crippen LogP contribution in [0.15, 0.2) is 34.9 Å². The maximum atomic E-state index is 14.2. The van der Waals surface area contributed by atoms with Gasteiger partial charge in [-0.25, -0.2) is 9.37 Å². The minimum Gasteiger partial charge on any atom is -0.339 e. The lowest BCUT2D eigenvalue weighted by atomic mass is 9.98. The summed E-state index contributed by atoms with van der Waals surface area (Å²) in [5.41, 5.74) is 2.06. The number of hydrogen-bond donors (Lipinski definition) is 0. The first-order valence-corrected chi connectivity index (χ1v) is 8.86. The quantitative estimate of drug-likeness (QED) is 0.692. The molecule has 0 N–H and O–H groups in total. The van der Waals surface area contributed by atoms with Crippen LogP contribution in [0.25, 0.3) is 22.4 Å². The smallest absolute Gasteiger partial charge is 0.259 e. The second-order valence-electron chi connectivity index (χ2n) is 6.96. The van der Waals surface area contributed by atoms with Crippen LogP contribution in [0, 0.1) is 18.7 Å². The molecule has 0 unspecified atom stereocenters. The molecule has 26 heavy (non-hydrogen) atoms. The number of rotatable bonds is 2. The molecule has 0 bridgehead atoms. The highest BCUT2D eigenvalue weighted by atomic mass is 19.1. The molecule has 3 heterocycles. The largest absolute Gasteiger partial charge is 0.339 e. The molecule has 1 amide bonds. The van der Waals surface area contributed by atoms with E-state index in [9.17, 15) is 9.18 Å². The summed E-state index contributed by atoms with van der Waals surface area (Å²) < 4.78 is 19.5. The molecule has 0 aliphatic carbocycles. The van der Waals surface area contributed by atoms with Gasteiger partial charge in [0.15, 0.2) is 0 Å². The van der Waals surface area contributed by atoms with Crippen LogP contribution in [0.4, 0.5) is 4.39 Å².